The second-order valence-electron chi connectivity index (χ2n) is 4.18. The van der Waals surface area contributed by atoms with E-state index in [9.17, 15) is 0 Å². The predicted octanol–water partition coefficient (Wildman–Crippen LogP) is 0.934. The highest BCUT2D eigenvalue weighted by Gasteiger charge is 2.37. The van der Waals surface area contributed by atoms with Crippen LogP contribution in [0.3, 0.4) is 0 Å². The lowest BCUT2D eigenvalue weighted by Gasteiger charge is -2.41. The Kier molecular flexibility index (Phi) is 2.86. The van der Waals surface area contributed by atoms with Gasteiger partial charge < -0.3 is 14.8 Å². The quantitative estimate of drug-likeness (QED) is 0.707. The van der Waals surface area contributed by atoms with Crippen LogP contribution >= 0.6 is 0 Å². The summed E-state index contributed by atoms with van der Waals surface area (Å²) in [7, 11) is 1.83. The molecule has 1 N–H and O–H groups in total. The first-order chi connectivity index (χ1) is 6.35. The molecule has 0 bridgehead atoms. The monoisotopic (exact) mass is 185 g/mol. The lowest BCUT2D eigenvalue weighted by molar-refractivity contribution is -0.0708. The van der Waals surface area contributed by atoms with Crippen molar-refractivity contribution in [1.82, 2.24) is 5.32 Å². The molecule has 1 heterocycles. The minimum absolute atomic E-state index is 0.155. The van der Waals surface area contributed by atoms with Crippen molar-refractivity contribution in [2.24, 2.45) is 0 Å². The van der Waals surface area contributed by atoms with Gasteiger partial charge in [-0.1, -0.05) is 0 Å². The zero-order valence-corrected chi connectivity index (χ0v) is 8.34. The molecule has 0 aromatic rings. The topological polar surface area (TPSA) is 30.5 Å². The summed E-state index contributed by atoms with van der Waals surface area (Å²) in [5, 5.41) is 3.53. The molecule has 0 aromatic carbocycles. The molecular formula is C10H19NO2. The van der Waals surface area contributed by atoms with Crippen LogP contribution in [-0.2, 0) is 9.47 Å². The fraction of sp³-hybridized carbons (Fsp3) is 1.00. The van der Waals surface area contributed by atoms with Crippen molar-refractivity contribution in [1.29, 1.82) is 0 Å². The Hall–Kier alpha value is -0.120. The molecule has 0 spiro atoms. The number of hydrogen-bond donors (Lipinski definition) is 1. The number of nitrogens with one attached hydrogen (secondary N) is 1. The van der Waals surface area contributed by atoms with Gasteiger partial charge in [-0.15, -0.1) is 0 Å². The predicted molar refractivity (Wildman–Crippen MR) is 50.8 cm³/mol. The van der Waals surface area contributed by atoms with E-state index in [-0.39, 0.29) is 5.60 Å². The first kappa shape index (κ1) is 9.44. The highest BCUT2D eigenvalue weighted by molar-refractivity contribution is 4.92. The first-order valence-corrected chi connectivity index (χ1v) is 5.21. The van der Waals surface area contributed by atoms with Crippen molar-refractivity contribution >= 4 is 0 Å². The van der Waals surface area contributed by atoms with Gasteiger partial charge in [-0.3, -0.25) is 0 Å². The maximum atomic E-state index is 5.53. The smallest absolute Gasteiger partial charge is 0.0802 e. The highest BCUT2D eigenvalue weighted by atomic mass is 16.5. The molecule has 3 heteroatoms. The Morgan fingerprint density at radius 1 is 1.54 bits per heavy atom. The van der Waals surface area contributed by atoms with Gasteiger partial charge in [0.1, 0.15) is 0 Å². The highest BCUT2D eigenvalue weighted by Crippen LogP contribution is 2.34. The molecule has 0 amide bonds. The maximum Gasteiger partial charge on any atom is 0.0802 e. The molecule has 1 aliphatic carbocycles. The average molecular weight is 185 g/mol. The first-order valence-electron chi connectivity index (χ1n) is 5.21. The standard InChI is InChI=1S/C10H19NO2/c1-12-10(4-2-5-10)8-11-9-3-6-13-7-9/h9,11H,2-8H2,1H3. The SMILES string of the molecule is COC1(CNC2CCOC2)CCC1. The summed E-state index contributed by atoms with van der Waals surface area (Å²) in [6.45, 7) is 2.79. The van der Waals surface area contributed by atoms with E-state index in [1.165, 1.54) is 19.3 Å². The van der Waals surface area contributed by atoms with Crippen LogP contribution in [0, 0.1) is 0 Å². The fourth-order valence-electron chi connectivity index (χ4n) is 2.05. The zero-order chi connectivity index (χ0) is 9.15. The Labute approximate surface area is 79.8 Å². The average Bonchev–Trinajstić information content (AvgIpc) is 2.56. The summed E-state index contributed by atoms with van der Waals surface area (Å²) in [5.74, 6) is 0. The normalized spacial score (nSPS) is 31.6. The zero-order valence-electron chi connectivity index (χ0n) is 8.34. The van der Waals surface area contributed by atoms with E-state index >= 15 is 0 Å². The van der Waals surface area contributed by atoms with E-state index in [0.717, 1.165) is 26.2 Å². The van der Waals surface area contributed by atoms with Crippen molar-refractivity contribution in [3.63, 3.8) is 0 Å². The van der Waals surface area contributed by atoms with Crippen LogP contribution in [0.1, 0.15) is 25.7 Å². The third-order valence-corrected chi connectivity index (χ3v) is 3.34. The molecule has 1 unspecified atom stereocenters. The maximum absolute atomic E-state index is 5.53. The van der Waals surface area contributed by atoms with Gasteiger partial charge in [0.2, 0.25) is 0 Å². The van der Waals surface area contributed by atoms with Gasteiger partial charge in [-0.2, -0.15) is 0 Å². The molecule has 2 aliphatic rings. The summed E-state index contributed by atoms with van der Waals surface area (Å²) in [5.41, 5.74) is 0.155. The lowest BCUT2D eigenvalue weighted by Crippen LogP contribution is -2.50. The van der Waals surface area contributed by atoms with E-state index in [2.05, 4.69) is 5.32 Å². The molecule has 1 saturated heterocycles. The number of ether oxygens (including phenoxy) is 2. The molecule has 2 rings (SSSR count). The van der Waals surface area contributed by atoms with Crippen molar-refractivity contribution in [2.45, 2.75) is 37.3 Å². The van der Waals surface area contributed by atoms with E-state index in [4.69, 9.17) is 9.47 Å². The second-order valence-corrected chi connectivity index (χ2v) is 4.18. The van der Waals surface area contributed by atoms with E-state index < -0.39 is 0 Å². The summed E-state index contributed by atoms with van der Waals surface area (Å²) in [4.78, 5) is 0. The van der Waals surface area contributed by atoms with Crippen molar-refractivity contribution in [2.75, 3.05) is 26.9 Å². The van der Waals surface area contributed by atoms with Gasteiger partial charge in [0.25, 0.3) is 0 Å². The van der Waals surface area contributed by atoms with Gasteiger partial charge in [0, 0.05) is 26.3 Å². The lowest BCUT2D eigenvalue weighted by atomic mass is 9.80. The molecule has 76 valence electrons. The summed E-state index contributed by atoms with van der Waals surface area (Å²) < 4.78 is 10.8. The fourth-order valence-corrected chi connectivity index (χ4v) is 2.05. The van der Waals surface area contributed by atoms with Gasteiger partial charge in [-0.05, 0) is 25.7 Å². The Bertz CT molecular complexity index is 157. The van der Waals surface area contributed by atoms with Crippen LogP contribution in [0.25, 0.3) is 0 Å². The minimum atomic E-state index is 0.155. The van der Waals surface area contributed by atoms with Crippen LogP contribution < -0.4 is 5.32 Å². The van der Waals surface area contributed by atoms with Crippen molar-refractivity contribution in [3.8, 4) is 0 Å². The van der Waals surface area contributed by atoms with Gasteiger partial charge in [0.15, 0.2) is 0 Å². The van der Waals surface area contributed by atoms with Gasteiger partial charge in [0.05, 0.1) is 12.2 Å². The molecule has 1 saturated carbocycles. The molecule has 1 atom stereocenters. The number of hydrogen-bond acceptors (Lipinski definition) is 3. The minimum Gasteiger partial charge on any atom is -0.380 e. The Morgan fingerprint density at radius 3 is 2.85 bits per heavy atom. The van der Waals surface area contributed by atoms with Crippen LogP contribution in [0.4, 0.5) is 0 Å². The second kappa shape index (κ2) is 3.95. The van der Waals surface area contributed by atoms with Crippen molar-refractivity contribution < 1.29 is 9.47 Å². The molecule has 2 fully saturated rings. The van der Waals surface area contributed by atoms with Crippen LogP contribution in [-0.4, -0.2) is 38.5 Å². The molecule has 0 radical (unpaired) electrons. The molecular weight excluding hydrogens is 166 g/mol. The Morgan fingerprint density at radius 2 is 2.38 bits per heavy atom. The van der Waals surface area contributed by atoms with E-state index in [1.807, 2.05) is 7.11 Å². The number of methoxy groups -OCH3 is 1. The molecule has 1 aliphatic heterocycles. The van der Waals surface area contributed by atoms with Crippen LogP contribution in [0.2, 0.25) is 0 Å². The summed E-state index contributed by atoms with van der Waals surface area (Å²) in [6.07, 6.45) is 4.89. The number of rotatable bonds is 4. The van der Waals surface area contributed by atoms with E-state index in [1.54, 1.807) is 0 Å². The summed E-state index contributed by atoms with van der Waals surface area (Å²) in [6, 6.07) is 0.563. The van der Waals surface area contributed by atoms with Gasteiger partial charge >= 0.3 is 0 Å². The molecule has 13 heavy (non-hydrogen) atoms. The van der Waals surface area contributed by atoms with E-state index in [0.29, 0.717) is 6.04 Å². The van der Waals surface area contributed by atoms with Gasteiger partial charge in [-0.25, -0.2) is 0 Å². The van der Waals surface area contributed by atoms with Crippen molar-refractivity contribution in [3.05, 3.63) is 0 Å². The third kappa shape index (κ3) is 2.03. The largest absolute Gasteiger partial charge is 0.380 e. The Balaban J connectivity index is 1.71. The van der Waals surface area contributed by atoms with Crippen LogP contribution in [0.5, 0.6) is 0 Å². The molecule has 3 nitrogen and oxygen atoms in total. The molecule has 0 aromatic heterocycles. The third-order valence-electron chi connectivity index (χ3n) is 3.34. The van der Waals surface area contributed by atoms with Crippen LogP contribution in [0.15, 0.2) is 0 Å². The summed E-state index contributed by atoms with van der Waals surface area (Å²) >= 11 is 0.